The molecule has 1 atom stereocenters. The number of nitrogens with zero attached hydrogens (tertiary/aromatic N) is 1. The second kappa shape index (κ2) is 5.23. The Bertz CT molecular complexity index is 421. The van der Waals surface area contributed by atoms with Gasteiger partial charge in [0.25, 0.3) is 0 Å². The highest BCUT2D eigenvalue weighted by Gasteiger charge is 2.20. The Balaban J connectivity index is 3.31. The van der Waals surface area contributed by atoms with Gasteiger partial charge in [0.2, 0.25) is 0 Å². The normalized spacial score (nSPS) is 12.3. The zero-order valence-corrected chi connectivity index (χ0v) is 10.8. The number of hydrogen-bond donors (Lipinski definition) is 0. The largest absolute Gasteiger partial charge is 0.496 e. The quantitative estimate of drug-likeness (QED) is 0.798. The van der Waals surface area contributed by atoms with Crippen LogP contribution in [0.25, 0.3) is 0 Å². The van der Waals surface area contributed by atoms with Gasteiger partial charge in [-0.25, -0.2) is 0 Å². The van der Waals surface area contributed by atoms with E-state index in [1.54, 1.807) is 7.11 Å². The van der Waals surface area contributed by atoms with E-state index in [0.29, 0.717) is 5.02 Å². The van der Waals surface area contributed by atoms with E-state index >= 15 is 0 Å². The number of hydrogen-bond acceptors (Lipinski definition) is 2. The van der Waals surface area contributed by atoms with E-state index < -0.39 is 0 Å². The Labute approximate surface area is 102 Å². The highest BCUT2D eigenvalue weighted by molar-refractivity contribution is 6.31. The molecular formula is C13H16ClNO. The van der Waals surface area contributed by atoms with Crippen LogP contribution in [0, 0.1) is 24.2 Å². The SMILES string of the molecule is COc1cc(C)c(Cl)cc1C(C#N)C(C)C. The molecule has 0 bridgehead atoms. The van der Waals surface area contributed by atoms with Gasteiger partial charge in [0.15, 0.2) is 0 Å². The molecule has 0 aromatic heterocycles. The fraction of sp³-hybridized carbons (Fsp3) is 0.462. The summed E-state index contributed by atoms with van der Waals surface area (Å²) in [4.78, 5) is 0. The lowest BCUT2D eigenvalue weighted by Crippen LogP contribution is -2.06. The van der Waals surface area contributed by atoms with Gasteiger partial charge in [0.05, 0.1) is 19.1 Å². The van der Waals surface area contributed by atoms with Crippen LogP contribution in [0.2, 0.25) is 5.02 Å². The maximum absolute atomic E-state index is 9.18. The summed E-state index contributed by atoms with van der Waals surface area (Å²) in [7, 11) is 1.61. The van der Waals surface area contributed by atoms with Gasteiger partial charge in [-0.1, -0.05) is 25.4 Å². The Kier molecular flexibility index (Phi) is 4.20. The fourth-order valence-corrected chi connectivity index (χ4v) is 1.84. The number of benzene rings is 1. The number of halogens is 1. The molecule has 0 radical (unpaired) electrons. The van der Waals surface area contributed by atoms with Gasteiger partial charge >= 0.3 is 0 Å². The maximum atomic E-state index is 9.18. The first-order chi connectivity index (χ1) is 7.51. The first kappa shape index (κ1) is 12.9. The highest BCUT2D eigenvalue weighted by Crippen LogP contribution is 2.35. The third-order valence-electron chi connectivity index (χ3n) is 2.65. The summed E-state index contributed by atoms with van der Waals surface area (Å²) in [5.41, 5.74) is 1.83. The van der Waals surface area contributed by atoms with E-state index in [4.69, 9.17) is 16.3 Å². The monoisotopic (exact) mass is 237 g/mol. The van der Waals surface area contributed by atoms with E-state index in [9.17, 15) is 5.26 Å². The molecule has 1 rings (SSSR count). The molecule has 0 spiro atoms. The van der Waals surface area contributed by atoms with E-state index in [1.807, 2.05) is 32.9 Å². The van der Waals surface area contributed by atoms with Crippen molar-refractivity contribution in [2.75, 3.05) is 7.11 Å². The number of rotatable bonds is 3. The molecule has 86 valence electrons. The molecule has 0 aliphatic heterocycles. The topological polar surface area (TPSA) is 33.0 Å². The van der Waals surface area contributed by atoms with Crippen LogP contribution in [-0.4, -0.2) is 7.11 Å². The van der Waals surface area contributed by atoms with Crippen LogP contribution in [0.4, 0.5) is 0 Å². The second-order valence-electron chi connectivity index (χ2n) is 4.19. The second-order valence-corrected chi connectivity index (χ2v) is 4.60. The van der Waals surface area contributed by atoms with Crippen molar-refractivity contribution in [1.82, 2.24) is 0 Å². The van der Waals surface area contributed by atoms with Crippen molar-refractivity contribution in [2.24, 2.45) is 5.92 Å². The van der Waals surface area contributed by atoms with Crippen molar-refractivity contribution >= 4 is 11.6 Å². The number of methoxy groups -OCH3 is 1. The van der Waals surface area contributed by atoms with Crippen molar-refractivity contribution in [2.45, 2.75) is 26.7 Å². The predicted molar refractivity (Wildman–Crippen MR) is 65.9 cm³/mol. The predicted octanol–water partition coefficient (Wildman–Crippen LogP) is 3.92. The number of ether oxygens (including phenoxy) is 1. The molecule has 0 heterocycles. The minimum absolute atomic E-state index is 0.187. The van der Waals surface area contributed by atoms with E-state index in [2.05, 4.69) is 6.07 Å². The van der Waals surface area contributed by atoms with Gasteiger partial charge in [-0.2, -0.15) is 5.26 Å². The summed E-state index contributed by atoms with van der Waals surface area (Å²) >= 11 is 6.08. The molecule has 16 heavy (non-hydrogen) atoms. The molecule has 0 saturated heterocycles. The van der Waals surface area contributed by atoms with Crippen molar-refractivity contribution in [3.05, 3.63) is 28.3 Å². The molecule has 0 amide bonds. The van der Waals surface area contributed by atoms with Crippen LogP contribution >= 0.6 is 11.6 Å². The van der Waals surface area contributed by atoms with Crippen molar-refractivity contribution < 1.29 is 4.74 Å². The zero-order valence-electron chi connectivity index (χ0n) is 10.0. The molecule has 1 aromatic rings. The Morgan fingerprint density at radius 1 is 1.38 bits per heavy atom. The lowest BCUT2D eigenvalue weighted by molar-refractivity contribution is 0.403. The van der Waals surface area contributed by atoms with Crippen LogP contribution < -0.4 is 4.74 Å². The summed E-state index contributed by atoms with van der Waals surface area (Å²) in [5, 5.41) is 9.86. The van der Waals surface area contributed by atoms with Crippen LogP contribution in [-0.2, 0) is 0 Å². The lowest BCUT2D eigenvalue weighted by atomic mass is 9.88. The molecule has 1 aromatic carbocycles. The number of aryl methyl sites for hydroxylation is 1. The Morgan fingerprint density at radius 3 is 2.44 bits per heavy atom. The van der Waals surface area contributed by atoms with Crippen LogP contribution in [0.5, 0.6) is 5.75 Å². The molecule has 0 fully saturated rings. The molecule has 0 aliphatic rings. The first-order valence-corrected chi connectivity index (χ1v) is 5.62. The summed E-state index contributed by atoms with van der Waals surface area (Å²) in [6.45, 7) is 5.95. The number of nitriles is 1. The minimum atomic E-state index is -0.187. The van der Waals surface area contributed by atoms with Gasteiger partial charge in [-0.3, -0.25) is 0 Å². The van der Waals surface area contributed by atoms with Crippen molar-refractivity contribution in [3.63, 3.8) is 0 Å². The van der Waals surface area contributed by atoms with Gasteiger partial charge < -0.3 is 4.74 Å². The Hall–Kier alpha value is -1.20. The smallest absolute Gasteiger partial charge is 0.123 e. The molecule has 0 saturated carbocycles. The van der Waals surface area contributed by atoms with Crippen LogP contribution in [0.15, 0.2) is 12.1 Å². The highest BCUT2D eigenvalue weighted by atomic mass is 35.5. The van der Waals surface area contributed by atoms with E-state index in [1.165, 1.54) is 0 Å². The molecule has 2 nitrogen and oxygen atoms in total. The van der Waals surface area contributed by atoms with Crippen LogP contribution in [0.3, 0.4) is 0 Å². The molecule has 0 N–H and O–H groups in total. The van der Waals surface area contributed by atoms with E-state index in [0.717, 1.165) is 16.9 Å². The van der Waals surface area contributed by atoms with Crippen LogP contribution in [0.1, 0.15) is 30.9 Å². The average molecular weight is 238 g/mol. The summed E-state index contributed by atoms with van der Waals surface area (Å²) in [6, 6.07) is 6.02. The standard InChI is InChI=1S/C13H16ClNO/c1-8(2)11(7-15)10-6-12(14)9(3)5-13(10)16-4/h5-6,8,11H,1-4H3. The molecule has 0 aliphatic carbocycles. The summed E-state index contributed by atoms with van der Waals surface area (Å²) in [5.74, 6) is 0.785. The maximum Gasteiger partial charge on any atom is 0.123 e. The van der Waals surface area contributed by atoms with Gasteiger partial charge in [0.1, 0.15) is 5.75 Å². The summed E-state index contributed by atoms with van der Waals surface area (Å²) in [6.07, 6.45) is 0. The first-order valence-electron chi connectivity index (χ1n) is 5.25. The summed E-state index contributed by atoms with van der Waals surface area (Å²) < 4.78 is 5.30. The van der Waals surface area contributed by atoms with E-state index in [-0.39, 0.29) is 11.8 Å². The third kappa shape index (κ3) is 2.48. The minimum Gasteiger partial charge on any atom is -0.496 e. The average Bonchev–Trinajstić information content (AvgIpc) is 2.23. The lowest BCUT2D eigenvalue weighted by Gasteiger charge is -2.18. The zero-order chi connectivity index (χ0) is 12.3. The third-order valence-corrected chi connectivity index (χ3v) is 3.06. The van der Waals surface area contributed by atoms with Crippen molar-refractivity contribution in [1.29, 1.82) is 5.26 Å². The van der Waals surface area contributed by atoms with Crippen molar-refractivity contribution in [3.8, 4) is 11.8 Å². The van der Waals surface area contributed by atoms with Gasteiger partial charge in [0, 0.05) is 10.6 Å². The molecular weight excluding hydrogens is 222 g/mol. The van der Waals surface area contributed by atoms with Gasteiger partial charge in [-0.15, -0.1) is 0 Å². The fourth-order valence-electron chi connectivity index (χ4n) is 1.67. The molecule has 3 heteroatoms. The van der Waals surface area contributed by atoms with Gasteiger partial charge in [-0.05, 0) is 30.5 Å². The Morgan fingerprint density at radius 2 is 2.00 bits per heavy atom. The molecule has 1 unspecified atom stereocenters.